The molecule has 0 bridgehead atoms. The van der Waals surface area contributed by atoms with Gasteiger partial charge in [0.15, 0.2) is 0 Å². The van der Waals surface area contributed by atoms with Gasteiger partial charge in [-0.25, -0.2) is 0 Å². The molecule has 0 spiro atoms. The molecule has 0 radical (unpaired) electrons. The SMILES string of the molecule is CCCCCCCCCCC[NH+]1CCCC1.[Cl-]. The lowest BCUT2D eigenvalue weighted by atomic mass is 10.1. The van der Waals surface area contributed by atoms with Gasteiger partial charge >= 0.3 is 0 Å². The van der Waals surface area contributed by atoms with Crippen LogP contribution in [-0.2, 0) is 0 Å². The van der Waals surface area contributed by atoms with E-state index in [0.29, 0.717) is 0 Å². The Hall–Kier alpha value is 0.250. The summed E-state index contributed by atoms with van der Waals surface area (Å²) in [6.45, 7) is 6.66. The first-order chi connectivity index (χ1) is 7.93. The summed E-state index contributed by atoms with van der Waals surface area (Å²) in [7, 11) is 0. The van der Waals surface area contributed by atoms with Crippen LogP contribution in [0.3, 0.4) is 0 Å². The topological polar surface area (TPSA) is 4.44 Å². The molecular weight excluding hydrogens is 230 g/mol. The third-order valence-corrected chi connectivity index (χ3v) is 3.94. The van der Waals surface area contributed by atoms with Crippen molar-refractivity contribution in [2.45, 2.75) is 77.6 Å². The summed E-state index contributed by atoms with van der Waals surface area (Å²) in [5.41, 5.74) is 0. The van der Waals surface area contributed by atoms with Crippen LogP contribution in [0.2, 0.25) is 0 Å². The van der Waals surface area contributed by atoms with Crippen LogP contribution in [0.15, 0.2) is 0 Å². The van der Waals surface area contributed by atoms with Gasteiger partial charge < -0.3 is 17.3 Å². The van der Waals surface area contributed by atoms with Gasteiger partial charge in [-0.1, -0.05) is 51.9 Å². The first-order valence-corrected chi connectivity index (χ1v) is 7.77. The van der Waals surface area contributed by atoms with Crippen LogP contribution in [0.1, 0.15) is 77.6 Å². The first kappa shape index (κ1) is 17.2. The molecule has 0 amide bonds. The summed E-state index contributed by atoms with van der Waals surface area (Å²) >= 11 is 0. The van der Waals surface area contributed by atoms with Gasteiger partial charge in [0.1, 0.15) is 0 Å². The number of unbranched alkanes of at least 4 members (excludes halogenated alkanes) is 8. The molecule has 0 aromatic heterocycles. The zero-order chi connectivity index (χ0) is 11.5. The number of hydrogen-bond donors (Lipinski definition) is 1. The molecule has 0 aromatic rings. The van der Waals surface area contributed by atoms with Crippen molar-refractivity contribution in [3.05, 3.63) is 0 Å². The largest absolute Gasteiger partial charge is 1.00 e. The minimum absolute atomic E-state index is 0. The number of nitrogens with one attached hydrogen (secondary N) is 1. The summed E-state index contributed by atoms with van der Waals surface area (Å²) < 4.78 is 0. The number of halogens is 1. The van der Waals surface area contributed by atoms with E-state index in [9.17, 15) is 0 Å². The Morgan fingerprint density at radius 2 is 1.18 bits per heavy atom. The van der Waals surface area contributed by atoms with Crippen molar-refractivity contribution in [3.8, 4) is 0 Å². The van der Waals surface area contributed by atoms with E-state index < -0.39 is 0 Å². The Balaban J connectivity index is 0.00000256. The molecule has 1 fully saturated rings. The Kier molecular flexibility index (Phi) is 12.9. The molecule has 104 valence electrons. The van der Waals surface area contributed by atoms with Crippen LogP contribution in [-0.4, -0.2) is 19.6 Å². The minimum atomic E-state index is 0. The number of quaternary nitrogens is 1. The van der Waals surface area contributed by atoms with Crippen LogP contribution in [0.5, 0.6) is 0 Å². The van der Waals surface area contributed by atoms with Gasteiger partial charge in [0.2, 0.25) is 0 Å². The molecule has 0 atom stereocenters. The van der Waals surface area contributed by atoms with E-state index in [1.165, 1.54) is 90.3 Å². The maximum absolute atomic E-state index is 2.29. The summed E-state index contributed by atoms with van der Waals surface area (Å²) in [6.07, 6.45) is 16.1. The molecule has 1 aliphatic heterocycles. The minimum Gasteiger partial charge on any atom is -1.00 e. The second kappa shape index (κ2) is 12.7. The molecule has 2 heteroatoms. The van der Waals surface area contributed by atoms with Crippen molar-refractivity contribution in [1.29, 1.82) is 0 Å². The normalized spacial score (nSPS) is 16.1. The zero-order valence-electron chi connectivity index (χ0n) is 11.8. The molecule has 1 rings (SSSR count). The molecule has 0 unspecified atom stereocenters. The molecule has 0 aromatic carbocycles. The number of likely N-dealkylation sites (tertiary alicyclic amines) is 1. The van der Waals surface area contributed by atoms with Gasteiger partial charge in [-0.2, -0.15) is 0 Å². The fraction of sp³-hybridized carbons (Fsp3) is 1.00. The van der Waals surface area contributed by atoms with Crippen LogP contribution >= 0.6 is 0 Å². The highest BCUT2D eigenvalue weighted by Crippen LogP contribution is 2.09. The van der Waals surface area contributed by atoms with Gasteiger partial charge in [0, 0.05) is 12.8 Å². The monoisotopic (exact) mass is 261 g/mol. The van der Waals surface area contributed by atoms with E-state index in [-0.39, 0.29) is 12.4 Å². The van der Waals surface area contributed by atoms with Crippen LogP contribution in [0.4, 0.5) is 0 Å². The third kappa shape index (κ3) is 9.91. The van der Waals surface area contributed by atoms with Gasteiger partial charge in [0.05, 0.1) is 19.6 Å². The van der Waals surface area contributed by atoms with Crippen molar-refractivity contribution < 1.29 is 17.3 Å². The van der Waals surface area contributed by atoms with E-state index in [4.69, 9.17) is 0 Å². The van der Waals surface area contributed by atoms with Gasteiger partial charge in [-0.05, 0) is 12.8 Å². The Labute approximate surface area is 115 Å². The summed E-state index contributed by atoms with van der Waals surface area (Å²) in [5.74, 6) is 0. The van der Waals surface area contributed by atoms with E-state index in [1.807, 2.05) is 4.90 Å². The molecule has 0 saturated carbocycles. The molecule has 1 saturated heterocycles. The maximum atomic E-state index is 2.29. The van der Waals surface area contributed by atoms with E-state index >= 15 is 0 Å². The smallest absolute Gasteiger partial charge is 0.0773 e. The summed E-state index contributed by atoms with van der Waals surface area (Å²) in [5, 5.41) is 0. The average molecular weight is 262 g/mol. The van der Waals surface area contributed by atoms with Crippen LogP contribution in [0.25, 0.3) is 0 Å². The summed E-state index contributed by atoms with van der Waals surface area (Å²) in [6, 6.07) is 0. The van der Waals surface area contributed by atoms with Gasteiger partial charge in [0.25, 0.3) is 0 Å². The fourth-order valence-corrected chi connectivity index (χ4v) is 2.81. The van der Waals surface area contributed by atoms with Crippen molar-refractivity contribution in [2.75, 3.05) is 19.6 Å². The van der Waals surface area contributed by atoms with Crippen molar-refractivity contribution >= 4 is 0 Å². The predicted octanol–water partition coefficient (Wildman–Crippen LogP) is 0.200. The average Bonchev–Trinajstić information content (AvgIpc) is 2.80. The van der Waals surface area contributed by atoms with Crippen LogP contribution in [0, 0.1) is 0 Å². The predicted molar refractivity (Wildman–Crippen MR) is 72.0 cm³/mol. The second-order valence-electron chi connectivity index (χ2n) is 5.54. The maximum Gasteiger partial charge on any atom is 0.0773 e. The first-order valence-electron chi connectivity index (χ1n) is 7.77. The number of hydrogen-bond acceptors (Lipinski definition) is 0. The van der Waals surface area contributed by atoms with Gasteiger partial charge in [-0.3, -0.25) is 0 Å². The summed E-state index contributed by atoms with van der Waals surface area (Å²) in [4.78, 5) is 1.88. The molecule has 0 aliphatic carbocycles. The van der Waals surface area contributed by atoms with E-state index in [1.54, 1.807) is 0 Å². The van der Waals surface area contributed by atoms with Crippen LogP contribution < -0.4 is 17.3 Å². The number of rotatable bonds is 10. The Morgan fingerprint density at radius 3 is 1.71 bits per heavy atom. The standard InChI is InChI=1S/C15H31N.ClH/c1-2-3-4-5-6-7-8-9-10-13-16-14-11-12-15-16;/h2-15H2,1H3;1H. The van der Waals surface area contributed by atoms with Crippen molar-refractivity contribution in [1.82, 2.24) is 0 Å². The molecular formula is C15H32ClN. The van der Waals surface area contributed by atoms with E-state index in [0.717, 1.165) is 0 Å². The highest BCUT2D eigenvalue weighted by atomic mass is 35.5. The Bertz CT molecular complexity index is 144. The van der Waals surface area contributed by atoms with Crippen molar-refractivity contribution in [3.63, 3.8) is 0 Å². The van der Waals surface area contributed by atoms with E-state index in [2.05, 4.69) is 6.92 Å². The highest BCUT2D eigenvalue weighted by molar-refractivity contribution is 4.48. The molecule has 1 N–H and O–H groups in total. The lowest BCUT2D eigenvalue weighted by molar-refractivity contribution is -0.887. The van der Waals surface area contributed by atoms with Gasteiger partial charge in [-0.15, -0.1) is 0 Å². The molecule has 17 heavy (non-hydrogen) atoms. The van der Waals surface area contributed by atoms with Crippen molar-refractivity contribution in [2.24, 2.45) is 0 Å². The third-order valence-electron chi connectivity index (χ3n) is 3.94. The Morgan fingerprint density at radius 1 is 0.706 bits per heavy atom. The molecule has 1 aliphatic rings. The lowest BCUT2D eigenvalue weighted by Gasteiger charge is -2.11. The highest BCUT2D eigenvalue weighted by Gasteiger charge is 2.13. The second-order valence-corrected chi connectivity index (χ2v) is 5.54. The molecule has 1 nitrogen and oxygen atoms in total. The zero-order valence-corrected chi connectivity index (χ0v) is 12.5. The fourth-order valence-electron chi connectivity index (χ4n) is 2.81. The molecule has 1 heterocycles. The quantitative estimate of drug-likeness (QED) is 0.536. The lowest BCUT2D eigenvalue weighted by Crippen LogP contribution is -3.09.